The van der Waals surface area contributed by atoms with Crippen LogP contribution in [0, 0.1) is 11.8 Å². The molecule has 0 radical (unpaired) electrons. The summed E-state index contributed by atoms with van der Waals surface area (Å²) in [5, 5.41) is 0. The summed E-state index contributed by atoms with van der Waals surface area (Å²) in [7, 11) is 2.70. The van der Waals surface area contributed by atoms with Crippen molar-refractivity contribution in [3.05, 3.63) is 11.4 Å². The SMILES string of the molecule is CCCCN1C(=O)C(=C(N)N)C(=O)N([C@H]2CC[C@H](C(=O)OC)CC2)C1=O.CCCCN1C(=O)CC(=O)N([C@H]2CC[C@H](C(=O)OC)CC2)C1=O. The first-order chi connectivity index (χ1) is 23.3. The highest BCUT2D eigenvalue weighted by molar-refractivity contribution is 6.29. The summed E-state index contributed by atoms with van der Waals surface area (Å²) in [6.07, 6.45) is 7.04. The number of hydrogen-bond donors (Lipinski definition) is 2. The number of barbiturate groups is 2. The molecule has 4 aliphatic rings. The van der Waals surface area contributed by atoms with Gasteiger partial charge in [-0.05, 0) is 64.2 Å². The summed E-state index contributed by atoms with van der Waals surface area (Å²) in [5.74, 6) is -3.64. The Balaban J connectivity index is 0.000000267. The average molecular weight is 691 g/mol. The summed E-state index contributed by atoms with van der Waals surface area (Å²) < 4.78 is 9.51. The monoisotopic (exact) mass is 690 g/mol. The Hall–Kier alpha value is -4.50. The first-order valence-corrected chi connectivity index (χ1v) is 17.1. The minimum atomic E-state index is -0.755. The van der Waals surface area contributed by atoms with E-state index in [1.165, 1.54) is 24.0 Å². The third-order valence-electron chi connectivity index (χ3n) is 9.59. The summed E-state index contributed by atoms with van der Waals surface area (Å²) >= 11 is 0. The van der Waals surface area contributed by atoms with Gasteiger partial charge >= 0.3 is 24.0 Å². The lowest BCUT2D eigenvalue weighted by molar-refractivity contribution is -0.149. The van der Waals surface area contributed by atoms with Gasteiger partial charge in [-0.2, -0.15) is 0 Å². The Morgan fingerprint density at radius 2 is 1.06 bits per heavy atom. The van der Waals surface area contributed by atoms with Gasteiger partial charge in [0.1, 0.15) is 17.8 Å². The molecular formula is C33H50N6O10. The second-order valence-corrected chi connectivity index (χ2v) is 12.8. The topological polar surface area (TPSA) is 220 Å². The molecule has 0 aromatic rings. The van der Waals surface area contributed by atoms with Crippen molar-refractivity contribution in [2.45, 2.75) is 109 Å². The van der Waals surface area contributed by atoms with Crippen LogP contribution in [-0.4, -0.2) is 107 Å². The normalized spacial score (nSPS) is 24.9. The fourth-order valence-corrected chi connectivity index (χ4v) is 6.76. The van der Waals surface area contributed by atoms with Crippen molar-refractivity contribution in [2.75, 3.05) is 27.3 Å². The van der Waals surface area contributed by atoms with Crippen LogP contribution in [0.25, 0.3) is 0 Å². The quantitative estimate of drug-likeness (QED) is 0.146. The molecule has 0 bridgehead atoms. The molecular weight excluding hydrogens is 640 g/mol. The number of rotatable bonds is 10. The molecule has 0 aromatic heterocycles. The Labute approximate surface area is 286 Å². The van der Waals surface area contributed by atoms with Crippen LogP contribution in [0.5, 0.6) is 0 Å². The van der Waals surface area contributed by atoms with Gasteiger partial charge in [0, 0.05) is 25.2 Å². The number of unbranched alkanes of at least 4 members (excludes halogenated alkanes) is 2. The van der Waals surface area contributed by atoms with Crippen molar-refractivity contribution in [1.29, 1.82) is 0 Å². The summed E-state index contributed by atoms with van der Waals surface area (Å²) in [6.45, 7) is 4.47. The maximum Gasteiger partial charge on any atom is 0.334 e. The number of carbonyl (C=O) groups excluding carboxylic acids is 8. The molecule has 16 heteroatoms. The summed E-state index contributed by atoms with van der Waals surface area (Å²) in [6, 6.07) is -1.77. The third kappa shape index (κ3) is 8.95. The molecule has 2 saturated carbocycles. The Bertz CT molecular complexity index is 1330. The maximum atomic E-state index is 12.8. The van der Waals surface area contributed by atoms with E-state index < -0.39 is 41.7 Å². The zero-order chi connectivity index (χ0) is 36.4. The van der Waals surface area contributed by atoms with Gasteiger partial charge in [0.2, 0.25) is 11.8 Å². The number of hydrogen-bond acceptors (Lipinski definition) is 12. The fourth-order valence-electron chi connectivity index (χ4n) is 6.76. The lowest BCUT2D eigenvalue weighted by Crippen LogP contribution is -2.61. The lowest BCUT2D eigenvalue weighted by atomic mass is 9.85. The van der Waals surface area contributed by atoms with E-state index in [1.807, 2.05) is 13.8 Å². The standard InChI is InChI=1S/C17H26N4O5.C16H24N2O5/c1-3-4-9-20-14(22)12(13(18)19)15(23)21(17(20)25)11-7-5-10(6-8-11)16(24)26-2;1-3-4-9-17-13(19)10-14(20)18(16(17)22)12-7-5-11(6-8-12)15(21)23-2/h10-11H,3-9,18-19H2,1-2H3;11-12H,3-10H2,1-2H3/t10-,11-;11-,12-. The van der Waals surface area contributed by atoms with Crippen LogP contribution in [0.4, 0.5) is 9.59 Å². The molecule has 0 spiro atoms. The van der Waals surface area contributed by atoms with E-state index in [-0.39, 0.29) is 54.2 Å². The van der Waals surface area contributed by atoms with Crippen LogP contribution >= 0.6 is 0 Å². The molecule has 4 fully saturated rings. The van der Waals surface area contributed by atoms with E-state index in [1.54, 1.807) is 0 Å². The Morgan fingerprint density at radius 1 is 0.633 bits per heavy atom. The van der Waals surface area contributed by atoms with Gasteiger partial charge in [-0.1, -0.05) is 26.7 Å². The van der Waals surface area contributed by atoms with Crippen LogP contribution in [0.1, 0.15) is 97.3 Å². The average Bonchev–Trinajstić information content (AvgIpc) is 3.08. The lowest BCUT2D eigenvalue weighted by Gasteiger charge is -2.40. The zero-order valence-electron chi connectivity index (χ0n) is 28.9. The van der Waals surface area contributed by atoms with E-state index in [0.717, 1.165) is 29.1 Å². The van der Waals surface area contributed by atoms with Gasteiger partial charge in [0.25, 0.3) is 11.8 Å². The van der Waals surface area contributed by atoms with Crippen molar-refractivity contribution in [2.24, 2.45) is 23.3 Å². The zero-order valence-corrected chi connectivity index (χ0v) is 28.9. The Kier molecular flexibility index (Phi) is 14.1. The van der Waals surface area contributed by atoms with Crippen LogP contribution in [-0.2, 0) is 38.2 Å². The number of nitrogens with two attached hydrogens (primary N) is 2. The molecule has 2 aliphatic heterocycles. The van der Waals surface area contributed by atoms with E-state index >= 15 is 0 Å². The van der Waals surface area contributed by atoms with Crippen LogP contribution in [0.2, 0.25) is 0 Å². The van der Waals surface area contributed by atoms with Crippen molar-refractivity contribution < 1.29 is 47.8 Å². The van der Waals surface area contributed by atoms with Gasteiger partial charge in [0.15, 0.2) is 0 Å². The van der Waals surface area contributed by atoms with Crippen molar-refractivity contribution >= 4 is 47.6 Å². The smallest absolute Gasteiger partial charge is 0.334 e. The molecule has 2 heterocycles. The maximum absolute atomic E-state index is 12.8. The molecule has 2 saturated heterocycles. The minimum Gasteiger partial charge on any atom is -0.469 e. The van der Waals surface area contributed by atoms with E-state index in [9.17, 15) is 38.4 Å². The molecule has 272 valence electrons. The first kappa shape index (κ1) is 38.9. The van der Waals surface area contributed by atoms with Crippen LogP contribution in [0.3, 0.4) is 0 Å². The number of imide groups is 4. The predicted octanol–water partition coefficient (Wildman–Crippen LogP) is 2.14. The number of carbonyl (C=O) groups is 8. The predicted molar refractivity (Wildman–Crippen MR) is 173 cm³/mol. The second-order valence-electron chi connectivity index (χ2n) is 12.8. The summed E-state index contributed by atoms with van der Waals surface area (Å²) in [5.41, 5.74) is 10.7. The van der Waals surface area contributed by atoms with Crippen molar-refractivity contribution in [1.82, 2.24) is 19.6 Å². The molecule has 2 aliphatic carbocycles. The molecule has 8 amide bonds. The number of amides is 8. The molecule has 16 nitrogen and oxygen atoms in total. The van der Waals surface area contributed by atoms with Crippen molar-refractivity contribution in [3.63, 3.8) is 0 Å². The van der Waals surface area contributed by atoms with Crippen LogP contribution in [0.15, 0.2) is 11.4 Å². The number of nitrogens with zero attached hydrogens (tertiary/aromatic N) is 4. The molecule has 0 atom stereocenters. The highest BCUT2D eigenvalue weighted by Gasteiger charge is 2.47. The van der Waals surface area contributed by atoms with E-state index in [2.05, 4.69) is 0 Å². The first-order valence-electron chi connectivity index (χ1n) is 17.1. The molecule has 4 N–H and O–H groups in total. The number of methoxy groups -OCH3 is 2. The molecule has 0 unspecified atom stereocenters. The molecule has 0 aromatic carbocycles. The van der Waals surface area contributed by atoms with Gasteiger partial charge in [-0.15, -0.1) is 0 Å². The number of urea groups is 2. The highest BCUT2D eigenvalue weighted by Crippen LogP contribution is 2.33. The molecule has 49 heavy (non-hydrogen) atoms. The van der Waals surface area contributed by atoms with E-state index in [0.29, 0.717) is 64.3 Å². The van der Waals surface area contributed by atoms with Gasteiger partial charge in [0.05, 0.1) is 26.1 Å². The van der Waals surface area contributed by atoms with Crippen molar-refractivity contribution in [3.8, 4) is 0 Å². The number of esters is 2. The van der Waals surface area contributed by atoms with Gasteiger partial charge in [-0.25, -0.2) is 9.59 Å². The van der Waals surface area contributed by atoms with Crippen LogP contribution < -0.4 is 11.5 Å². The molecule has 4 rings (SSSR count). The van der Waals surface area contributed by atoms with E-state index in [4.69, 9.17) is 20.9 Å². The Morgan fingerprint density at radius 3 is 1.49 bits per heavy atom. The third-order valence-corrected chi connectivity index (χ3v) is 9.59. The van der Waals surface area contributed by atoms with Gasteiger partial charge < -0.3 is 20.9 Å². The minimum absolute atomic E-state index is 0.163. The largest absolute Gasteiger partial charge is 0.469 e. The second kappa shape index (κ2) is 17.8. The summed E-state index contributed by atoms with van der Waals surface area (Å²) in [4.78, 5) is 102. The van der Waals surface area contributed by atoms with Gasteiger partial charge in [-0.3, -0.25) is 48.4 Å². The fraction of sp³-hybridized carbons (Fsp3) is 0.697. The number of ether oxygens (including phenoxy) is 2. The highest BCUT2D eigenvalue weighted by atomic mass is 16.5.